The van der Waals surface area contributed by atoms with Crippen molar-refractivity contribution < 1.29 is 23.9 Å². The number of anilines is 4. The molecule has 0 bridgehead atoms. The molecule has 1 aromatic heterocycles. The second kappa shape index (κ2) is 12.4. The molecule has 2 N–H and O–H groups in total. The summed E-state index contributed by atoms with van der Waals surface area (Å²) in [7, 11) is 3.31. The first kappa shape index (κ1) is 29.4. The topological polar surface area (TPSA) is 129 Å². The molecular weight excluding hydrogens is 538 g/mol. The van der Waals surface area contributed by atoms with E-state index >= 15 is 0 Å². The lowest BCUT2D eigenvalue weighted by molar-refractivity contribution is -0.125. The van der Waals surface area contributed by atoms with Crippen LogP contribution in [0.1, 0.15) is 62.7 Å². The Hall–Kier alpha value is -4.09. The molecule has 1 saturated carbocycles. The van der Waals surface area contributed by atoms with Crippen LogP contribution in [0.25, 0.3) is 0 Å². The van der Waals surface area contributed by atoms with Gasteiger partial charge >= 0.3 is 6.09 Å². The van der Waals surface area contributed by atoms with Crippen LogP contribution in [0.5, 0.6) is 5.75 Å². The highest BCUT2D eigenvalue weighted by Gasteiger charge is 2.41. The number of carbonyl (C=O) groups is 3. The molecule has 3 heterocycles. The van der Waals surface area contributed by atoms with E-state index < -0.39 is 5.41 Å². The van der Waals surface area contributed by atoms with Crippen LogP contribution < -0.4 is 25.2 Å². The molecule has 1 saturated heterocycles. The summed E-state index contributed by atoms with van der Waals surface area (Å²) >= 11 is 0. The zero-order chi connectivity index (χ0) is 29.9. The molecule has 3 amide bonds. The predicted octanol–water partition coefficient (Wildman–Crippen LogP) is 3.94. The van der Waals surface area contributed by atoms with Crippen molar-refractivity contribution in [3.05, 3.63) is 30.0 Å². The number of likely N-dealkylation sites (tertiary alicyclic amines) is 1. The van der Waals surface area contributed by atoms with Crippen LogP contribution in [0.15, 0.2) is 24.4 Å². The summed E-state index contributed by atoms with van der Waals surface area (Å²) in [6.07, 6.45) is 7.80. The molecule has 0 spiro atoms. The maximum Gasteiger partial charge on any atom is 0.409 e. The average molecular weight is 580 g/mol. The van der Waals surface area contributed by atoms with Gasteiger partial charge in [-0.05, 0) is 57.7 Å². The fraction of sp³-hybridized carbons (Fsp3) is 0.567. The van der Waals surface area contributed by atoms with E-state index in [9.17, 15) is 14.4 Å². The number of fused-ring (bicyclic) bond motifs is 1. The zero-order valence-electron chi connectivity index (χ0n) is 24.9. The van der Waals surface area contributed by atoms with Crippen molar-refractivity contribution in [1.29, 1.82) is 0 Å². The minimum atomic E-state index is -0.569. The minimum Gasteiger partial charge on any atom is -0.495 e. The average Bonchev–Trinajstić information content (AvgIpc) is 3.71. The van der Waals surface area contributed by atoms with Gasteiger partial charge in [0.1, 0.15) is 18.0 Å². The van der Waals surface area contributed by atoms with E-state index in [1.165, 1.54) is 7.11 Å². The van der Waals surface area contributed by atoms with Gasteiger partial charge in [0.2, 0.25) is 11.9 Å². The number of methoxy groups -OCH3 is 1. The molecule has 2 aromatic rings. The van der Waals surface area contributed by atoms with Gasteiger partial charge in [-0.25, -0.2) is 9.78 Å². The molecule has 2 aliphatic heterocycles. The van der Waals surface area contributed by atoms with Crippen molar-refractivity contribution in [1.82, 2.24) is 20.2 Å². The number of hydrogen-bond donors (Lipinski definition) is 2. The van der Waals surface area contributed by atoms with Crippen LogP contribution in [-0.2, 0) is 9.53 Å². The highest BCUT2D eigenvalue weighted by molar-refractivity contribution is 6.01. The van der Waals surface area contributed by atoms with Crippen molar-refractivity contribution in [2.75, 3.05) is 62.1 Å². The molecule has 42 heavy (non-hydrogen) atoms. The van der Waals surface area contributed by atoms with Crippen LogP contribution >= 0.6 is 0 Å². The van der Waals surface area contributed by atoms with Gasteiger partial charge in [0.15, 0.2) is 5.82 Å². The molecule has 0 atom stereocenters. The first-order chi connectivity index (χ1) is 20.2. The smallest absolute Gasteiger partial charge is 0.409 e. The van der Waals surface area contributed by atoms with E-state index in [-0.39, 0.29) is 31.1 Å². The van der Waals surface area contributed by atoms with Crippen LogP contribution in [0.4, 0.5) is 27.9 Å². The fourth-order valence-electron chi connectivity index (χ4n) is 5.98. The molecule has 1 aromatic carbocycles. The first-order valence-corrected chi connectivity index (χ1v) is 14.7. The normalized spacial score (nSPS) is 18.5. The Kier molecular flexibility index (Phi) is 8.69. The Morgan fingerprint density at radius 2 is 1.86 bits per heavy atom. The number of rotatable bonds is 8. The third-order valence-electron chi connectivity index (χ3n) is 8.29. The number of ether oxygens (including phenoxy) is 2. The number of hydrogen-bond acceptors (Lipinski definition) is 9. The Bertz CT molecular complexity index is 1320. The fourth-order valence-corrected chi connectivity index (χ4v) is 5.98. The molecule has 1 aliphatic carbocycles. The van der Waals surface area contributed by atoms with Crippen molar-refractivity contribution in [2.45, 2.75) is 58.4 Å². The Morgan fingerprint density at radius 3 is 2.57 bits per heavy atom. The second-order valence-corrected chi connectivity index (χ2v) is 11.8. The highest BCUT2D eigenvalue weighted by atomic mass is 16.6. The maximum absolute atomic E-state index is 13.3. The van der Waals surface area contributed by atoms with Crippen LogP contribution in [-0.4, -0.2) is 85.8 Å². The van der Waals surface area contributed by atoms with Crippen LogP contribution in [0, 0.1) is 5.41 Å². The van der Waals surface area contributed by atoms with Gasteiger partial charge in [-0.3, -0.25) is 9.59 Å². The molecule has 3 aliphatic rings. The van der Waals surface area contributed by atoms with Crippen LogP contribution in [0.2, 0.25) is 0 Å². The number of nitrogens with one attached hydrogen (secondary N) is 2. The summed E-state index contributed by atoms with van der Waals surface area (Å²) in [4.78, 5) is 53.1. The van der Waals surface area contributed by atoms with Gasteiger partial charge in [0, 0.05) is 38.3 Å². The standard InChI is InChI=1S/C30H41N7O5/c1-30(2)19-37(21-9-5-6-10-21)25-23(35(3)27(30)39)18-32-28(34-25)33-22-12-11-20(17-24(22)41-4)26(38)31-13-16-42-29(40)36-14-7-8-15-36/h11-12,17-18,21H,5-10,13-16,19H2,1-4H3,(H,31,38)(H,32,33,34). The van der Waals surface area contributed by atoms with E-state index in [1.54, 1.807) is 41.2 Å². The number of aromatic nitrogens is 2. The molecule has 226 valence electrons. The van der Waals surface area contributed by atoms with Gasteiger partial charge in [0.25, 0.3) is 5.91 Å². The Morgan fingerprint density at radius 1 is 1.12 bits per heavy atom. The summed E-state index contributed by atoms with van der Waals surface area (Å²) in [5, 5.41) is 6.02. The lowest BCUT2D eigenvalue weighted by atomic mass is 9.91. The van der Waals surface area contributed by atoms with E-state index in [2.05, 4.69) is 20.5 Å². The van der Waals surface area contributed by atoms with E-state index in [1.807, 2.05) is 13.8 Å². The molecule has 12 heteroatoms. The molecule has 5 rings (SSSR count). The molecule has 2 fully saturated rings. The minimum absolute atomic E-state index is 0.0360. The number of benzene rings is 1. The lowest BCUT2D eigenvalue weighted by Gasteiger charge is -2.34. The number of nitrogens with zero attached hydrogens (tertiary/aromatic N) is 5. The van der Waals surface area contributed by atoms with E-state index in [0.29, 0.717) is 41.2 Å². The number of amides is 3. The lowest BCUT2D eigenvalue weighted by Crippen LogP contribution is -2.45. The van der Waals surface area contributed by atoms with Crippen molar-refractivity contribution in [2.24, 2.45) is 5.41 Å². The Labute approximate surface area is 246 Å². The zero-order valence-corrected chi connectivity index (χ0v) is 24.9. The van der Waals surface area contributed by atoms with Gasteiger partial charge in [-0.1, -0.05) is 12.8 Å². The van der Waals surface area contributed by atoms with Crippen molar-refractivity contribution >= 4 is 41.0 Å². The predicted molar refractivity (Wildman–Crippen MR) is 160 cm³/mol. The largest absolute Gasteiger partial charge is 0.495 e. The van der Waals surface area contributed by atoms with Gasteiger partial charge in [-0.2, -0.15) is 4.98 Å². The molecular formula is C30H41N7O5. The van der Waals surface area contributed by atoms with Crippen molar-refractivity contribution in [3.63, 3.8) is 0 Å². The third-order valence-corrected chi connectivity index (χ3v) is 8.29. The molecule has 12 nitrogen and oxygen atoms in total. The summed E-state index contributed by atoms with van der Waals surface area (Å²) < 4.78 is 10.8. The maximum atomic E-state index is 13.3. The summed E-state index contributed by atoms with van der Waals surface area (Å²) in [5.74, 6) is 1.28. The first-order valence-electron chi connectivity index (χ1n) is 14.7. The monoisotopic (exact) mass is 579 g/mol. The summed E-state index contributed by atoms with van der Waals surface area (Å²) in [6.45, 7) is 6.28. The van der Waals surface area contributed by atoms with Gasteiger partial charge in [-0.15, -0.1) is 0 Å². The number of carbonyl (C=O) groups excluding carboxylic acids is 3. The van der Waals surface area contributed by atoms with Gasteiger partial charge in [0.05, 0.1) is 31.0 Å². The van der Waals surface area contributed by atoms with Crippen LogP contribution in [0.3, 0.4) is 0 Å². The quantitative estimate of drug-likeness (QED) is 0.447. The van der Waals surface area contributed by atoms with E-state index in [0.717, 1.165) is 57.4 Å². The molecule has 0 radical (unpaired) electrons. The van der Waals surface area contributed by atoms with E-state index in [4.69, 9.17) is 14.5 Å². The third kappa shape index (κ3) is 6.22. The highest BCUT2D eigenvalue weighted by Crippen LogP contribution is 2.40. The molecule has 0 unspecified atom stereocenters. The SMILES string of the molecule is COc1cc(C(=O)NCCOC(=O)N2CCCC2)ccc1Nc1ncc2c(n1)N(C1CCCC1)CC(C)(C)C(=O)N2C. The summed E-state index contributed by atoms with van der Waals surface area (Å²) in [5.41, 5.74) is 1.12. The summed E-state index contributed by atoms with van der Waals surface area (Å²) in [6, 6.07) is 5.38. The Balaban J connectivity index is 1.28. The second-order valence-electron chi connectivity index (χ2n) is 11.8. The van der Waals surface area contributed by atoms with Crippen molar-refractivity contribution in [3.8, 4) is 5.75 Å². The van der Waals surface area contributed by atoms with Gasteiger partial charge < -0.3 is 34.8 Å².